The SMILES string of the molecule is CNC(=O)NC(=O)C(C)Oc1ccc(C(C)=O)cc1Cl. The van der Waals surface area contributed by atoms with Gasteiger partial charge in [0.1, 0.15) is 5.75 Å². The lowest BCUT2D eigenvalue weighted by Gasteiger charge is -2.15. The van der Waals surface area contributed by atoms with Crippen LogP contribution in [0.5, 0.6) is 5.75 Å². The fourth-order valence-electron chi connectivity index (χ4n) is 1.34. The van der Waals surface area contributed by atoms with Crippen molar-refractivity contribution in [2.24, 2.45) is 0 Å². The summed E-state index contributed by atoms with van der Waals surface area (Å²) >= 11 is 5.97. The minimum Gasteiger partial charge on any atom is -0.479 e. The van der Waals surface area contributed by atoms with Crippen molar-refractivity contribution < 1.29 is 19.1 Å². The van der Waals surface area contributed by atoms with Gasteiger partial charge in [-0.3, -0.25) is 14.9 Å². The van der Waals surface area contributed by atoms with Gasteiger partial charge in [-0.25, -0.2) is 4.79 Å². The van der Waals surface area contributed by atoms with Crippen LogP contribution in [0.25, 0.3) is 0 Å². The minimum atomic E-state index is -0.909. The molecular formula is C13H15ClN2O4. The number of hydrogen-bond donors (Lipinski definition) is 2. The molecule has 3 amide bonds. The van der Waals surface area contributed by atoms with Gasteiger partial charge in [-0.05, 0) is 32.0 Å². The van der Waals surface area contributed by atoms with Crippen LogP contribution in [0.4, 0.5) is 4.79 Å². The third kappa shape index (κ3) is 4.24. The highest BCUT2D eigenvalue weighted by molar-refractivity contribution is 6.32. The number of carbonyl (C=O) groups is 3. The number of carbonyl (C=O) groups excluding carboxylic acids is 3. The van der Waals surface area contributed by atoms with Crippen LogP contribution in [0.3, 0.4) is 0 Å². The average molecular weight is 299 g/mol. The Morgan fingerprint density at radius 3 is 2.45 bits per heavy atom. The summed E-state index contributed by atoms with van der Waals surface area (Å²) in [7, 11) is 1.39. The maximum absolute atomic E-state index is 11.6. The fourth-order valence-corrected chi connectivity index (χ4v) is 1.56. The number of rotatable bonds is 4. The van der Waals surface area contributed by atoms with E-state index >= 15 is 0 Å². The van der Waals surface area contributed by atoms with Gasteiger partial charge in [-0.15, -0.1) is 0 Å². The van der Waals surface area contributed by atoms with Crippen LogP contribution in [0.15, 0.2) is 18.2 Å². The maximum Gasteiger partial charge on any atom is 0.321 e. The molecule has 0 spiro atoms. The molecule has 1 atom stereocenters. The lowest BCUT2D eigenvalue weighted by molar-refractivity contribution is -0.126. The van der Waals surface area contributed by atoms with Crippen LogP contribution in [0, 0.1) is 0 Å². The zero-order valence-electron chi connectivity index (χ0n) is 11.3. The second-order valence-corrected chi connectivity index (χ2v) is 4.44. The highest BCUT2D eigenvalue weighted by Crippen LogP contribution is 2.26. The average Bonchev–Trinajstić information content (AvgIpc) is 2.40. The van der Waals surface area contributed by atoms with E-state index in [1.54, 1.807) is 6.07 Å². The Labute approximate surface area is 121 Å². The molecule has 6 nitrogen and oxygen atoms in total. The molecule has 0 heterocycles. The Morgan fingerprint density at radius 2 is 1.95 bits per heavy atom. The van der Waals surface area contributed by atoms with Crippen LogP contribution in [0.1, 0.15) is 24.2 Å². The first-order valence-corrected chi connectivity index (χ1v) is 6.22. The quantitative estimate of drug-likeness (QED) is 0.830. The number of urea groups is 1. The molecule has 0 aliphatic rings. The van der Waals surface area contributed by atoms with Crippen molar-refractivity contribution in [2.75, 3.05) is 7.05 Å². The van der Waals surface area contributed by atoms with Crippen molar-refractivity contribution in [1.29, 1.82) is 0 Å². The topological polar surface area (TPSA) is 84.5 Å². The molecule has 0 fully saturated rings. The highest BCUT2D eigenvalue weighted by Gasteiger charge is 2.18. The molecule has 0 aromatic heterocycles. The molecule has 1 unspecified atom stereocenters. The molecular weight excluding hydrogens is 284 g/mol. The second-order valence-electron chi connectivity index (χ2n) is 4.03. The van der Waals surface area contributed by atoms with E-state index in [-0.39, 0.29) is 16.6 Å². The molecule has 108 valence electrons. The van der Waals surface area contributed by atoms with Gasteiger partial charge >= 0.3 is 6.03 Å². The molecule has 0 aliphatic heterocycles. The fraction of sp³-hybridized carbons (Fsp3) is 0.308. The molecule has 7 heteroatoms. The van der Waals surface area contributed by atoms with E-state index in [4.69, 9.17) is 16.3 Å². The molecule has 20 heavy (non-hydrogen) atoms. The van der Waals surface area contributed by atoms with Gasteiger partial charge in [0.15, 0.2) is 11.9 Å². The lowest BCUT2D eigenvalue weighted by atomic mass is 10.1. The van der Waals surface area contributed by atoms with Gasteiger partial charge in [0.05, 0.1) is 5.02 Å². The number of amides is 3. The third-order valence-electron chi connectivity index (χ3n) is 2.48. The Morgan fingerprint density at radius 1 is 1.30 bits per heavy atom. The summed E-state index contributed by atoms with van der Waals surface area (Å²) in [6.07, 6.45) is -0.909. The van der Waals surface area contributed by atoms with Gasteiger partial charge in [-0.1, -0.05) is 11.6 Å². The first kappa shape index (κ1) is 16.0. The van der Waals surface area contributed by atoms with Crippen molar-refractivity contribution in [2.45, 2.75) is 20.0 Å². The Hall–Kier alpha value is -2.08. The normalized spacial score (nSPS) is 11.4. The van der Waals surface area contributed by atoms with Crippen LogP contribution >= 0.6 is 11.6 Å². The molecule has 0 bridgehead atoms. The molecule has 1 aromatic carbocycles. The molecule has 0 radical (unpaired) electrons. The summed E-state index contributed by atoms with van der Waals surface area (Å²) in [6, 6.07) is 3.89. The van der Waals surface area contributed by atoms with E-state index in [9.17, 15) is 14.4 Å². The number of benzene rings is 1. The number of halogens is 1. The first-order valence-electron chi connectivity index (χ1n) is 5.85. The standard InChI is InChI=1S/C13H15ClN2O4/c1-7(17)9-4-5-11(10(14)6-9)20-8(2)12(18)16-13(19)15-3/h4-6,8H,1-3H3,(H2,15,16,18,19). The van der Waals surface area contributed by atoms with Crippen molar-refractivity contribution in [3.8, 4) is 5.75 Å². The number of imide groups is 1. The first-order chi connectivity index (χ1) is 9.35. The minimum absolute atomic E-state index is 0.121. The Kier molecular flexibility index (Phi) is 5.52. The van der Waals surface area contributed by atoms with E-state index in [0.29, 0.717) is 5.56 Å². The number of nitrogens with one attached hydrogen (secondary N) is 2. The van der Waals surface area contributed by atoms with Crippen LogP contribution < -0.4 is 15.4 Å². The number of ketones is 1. The smallest absolute Gasteiger partial charge is 0.321 e. The number of ether oxygens (including phenoxy) is 1. The summed E-state index contributed by atoms with van der Waals surface area (Å²) in [6.45, 7) is 2.90. The monoisotopic (exact) mass is 298 g/mol. The Bertz CT molecular complexity index is 545. The summed E-state index contributed by atoms with van der Waals surface area (Å²) in [5.74, 6) is -0.462. The molecule has 0 saturated heterocycles. The molecule has 1 rings (SSSR count). The highest BCUT2D eigenvalue weighted by atomic mass is 35.5. The van der Waals surface area contributed by atoms with E-state index in [0.717, 1.165) is 0 Å². The Balaban J connectivity index is 2.75. The van der Waals surface area contributed by atoms with Crippen molar-refractivity contribution in [3.05, 3.63) is 28.8 Å². The van der Waals surface area contributed by atoms with E-state index in [1.807, 2.05) is 0 Å². The zero-order valence-corrected chi connectivity index (χ0v) is 12.1. The van der Waals surface area contributed by atoms with Crippen molar-refractivity contribution >= 4 is 29.3 Å². The molecule has 0 saturated carbocycles. The van der Waals surface area contributed by atoms with Gasteiger partial charge in [0.2, 0.25) is 0 Å². The van der Waals surface area contributed by atoms with Crippen molar-refractivity contribution in [3.63, 3.8) is 0 Å². The summed E-state index contributed by atoms with van der Waals surface area (Å²) < 4.78 is 5.35. The molecule has 0 aliphatic carbocycles. The van der Waals surface area contributed by atoms with Crippen LogP contribution in [0.2, 0.25) is 5.02 Å². The predicted octanol–water partition coefficient (Wildman–Crippen LogP) is 1.77. The van der Waals surface area contributed by atoms with E-state index in [1.165, 1.54) is 33.0 Å². The summed E-state index contributed by atoms with van der Waals surface area (Å²) in [4.78, 5) is 33.8. The third-order valence-corrected chi connectivity index (χ3v) is 2.77. The number of hydrogen-bond acceptors (Lipinski definition) is 4. The van der Waals surface area contributed by atoms with Crippen LogP contribution in [-0.2, 0) is 4.79 Å². The largest absolute Gasteiger partial charge is 0.479 e. The van der Waals surface area contributed by atoms with Crippen LogP contribution in [-0.4, -0.2) is 30.9 Å². The van der Waals surface area contributed by atoms with E-state index in [2.05, 4.69) is 10.6 Å². The second kappa shape index (κ2) is 6.91. The maximum atomic E-state index is 11.6. The molecule has 2 N–H and O–H groups in total. The lowest BCUT2D eigenvalue weighted by Crippen LogP contribution is -2.43. The van der Waals surface area contributed by atoms with Gasteiger partial charge < -0.3 is 10.1 Å². The van der Waals surface area contributed by atoms with E-state index < -0.39 is 18.0 Å². The zero-order chi connectivity index (χ0) is 15.3. The van der Waals surface area contributed by atoms with Gasteiger partial charge in [0.25, 0.3) is 5.91 Å². The summed E-state index contributed by atoms with van der Waals surface area (Å²) in [5, 5.41) is 4.56. The van der Waals surface area contributed by atoms with Crippen molar-refractivity contribution in [1.82, 2.24) is 10.6 Å². The molecule has 1 aromatic rings. The summed E-state index contributed by atoms with van der Waals surface area (Å²) in [5.41, 5.74) is 0.449. The predicted molar refractivity (Wildman–Crippen MR) is 74.1 cm³/mol. The van der Waals surface area contributed by atoms with Gasteiger partial charge in [0, 0.05) is 12.6 Å². The number of Topliss-reactive ketones (excluding diaryl/α,β-unsaturated/α-hetero) is 1. The van der Waals surface area contributed by atoms with Gasteiger partial charge in [-0.2, -0.15) is 0 Å².